The van der Waals surface area contributed by atoms with Crippen molar-refractivity contribution in [3.8, 4) is 11.5 Å². The Bertz CT molecular complexity index is 1130. The van der Waals surface area contributed by atoms with E-state index in [1.165, 1.54) is 33.0 Å². The van der Waals surface area contributed by atoms with Crippen LogP contribution in [-0.2, 0) is 14.1 Å². The van der Waals surface area contributed by atoms with Crippen molar-refractivity contribution >= 4 is 30.7 Å². The number of para-hydroxylation sites is 1. The molecule has 1 aliphatic heterocycles. The SMILES string of the molecule is COc1cccc([C@H]2O[C@H](CP(=O)(O)N(C)C)C(=O)N(CC(C)(C)C)c3ccc(Cl)cc32)c1OC. The lowest BCUT2D eigenvalue weighted by Gasteiger charge is -2.32. The Hall–Kier alpha value is -2.09. The van der Waals surface area contributed by atoms with E-state index < -0.39 is 19.7 Å². The number of fused-ring (bicyclic) bond motifs is 1. The van der Waals surface area contributed by atoms with Gasteiger partial charge in [0.1, 0.15) is 12.2 Å². The molecule has 1 unspecified atom stereocenters. The predicted molar refractivity (Wildman–Crippen MR) is 138 cm³/mol. The molecule has 8 nitrogen and oxygen atoms in total. The number of nitrogens with zero attached hydrogens (tertiary/aromatic N) is 2. The largest absolute Gasteiger partial charge is 0.493 e. The summed E-state index contributed by atoms with van der Waals surface area (Å²) in [6.45, 7) is 6.45. The van der Waals surface area contributed by atoms with Gasteiger partial charge < -0.3 is 24.0 Å². The van der Waals surface area contributed by atoms with E-state index in [0.717, 1.165) is 0 Å². The van der Waals surface area contributed by atoms with Crippen molar-refractivity contribution in [3.05, 3.63) is 52.5 Å². The number of amides is 1. The molecule has 3 atom stereocenters. The highest BCUT2D eigenvalue weighted by Gasteiger charge is 2.42. The molecule has 0 spiro atoms. The maximum atomic E-state index is 13.9. The summed E-state index contributed by atoms with van der Waals surface area (Å²) in [5, 5.41) is 0.474. The molecule has 1 heterocycles. The summed E-state index contributed by atoms with van der Waals surface area (Å²) in [5.74, 6) is 0.558. The number of rotatable bonds is 7. The molecule has 0 radical (unpaired) electrons. The number of benzene rings is 2. The maximum absolute atomic E-state index is 13.9. The molecule has 0 aromatic heterocycles. The van der Waals surface area contributed by atoms with Crippen LogP contribution in [-0.4, -0.2) is 62.6 Å². The molecule has 0 saturated heterocycles. The molecule has 0 aliphatic carbocycles. The number of carbonyl (C=O) groups excluding carboxylic acids is 1. The summed E-state index contributed by atoms with van der Waals surface area (Å²) in [5.41, 5.74) is 1.64. The van der Waals surface area contributed by atoms with Gasteiger partial charge in [-0.05, 0) is 43.8 Å². The quantitative estimate of drug-likeness (QED) is 0.511. The van der Waals surface area contributed by atoms with E-state index in [1.807, 2.05) is 26.8 Å². The summed E-state index contributed by atoms with van der Waals surface area (Å²) < 4.78 is 31.8. The van der Waals surface area contributed by atoms with Gasteiger partial charge in [0, 0.05) is 28.4 Å². The Morgan fingerprint density at radius 2 is 1.83 bits per heavy atom. The van der Waals surface area contributed by atoms with Crippen LogP contribution in [0, 0.1) is 5.41 Å². The molecule has 192 valence electrons. The number of halogens is 1. The van der Waals surface area contributed by atoms with Crippen LogP contribution < -0.4 is 14.4 Å². The minimum Gasteiger partial charge on any atom is -0.493 e. The second kappa shape index (κ2) is 10.5. The van der Waals surface area contributed by atoms with Crippen molar-refractivity contribution in [2.75, 3.05) is 45.9 Å². The highest BCUT2D eigenvalue weighted by molar-refractivity contribution is 7.55. The fourth-order valence-corrected chi connectivity index (χ4v) is 5.25. The molecular formula is C25H34ClN2O6P. The first kappa shape index (κ1) is 27.5. The van der Waals surface area contributed by atoms with E-state index in [9.17, 15) is 14.3 Å². The van der Waals surface area contributed by atoms with E-state index in [1.54, 1.807) is 35.2 Å². The summed E-state index contributed by atoms with van der Waals surface area (Å²) in [4.78, 5) is 26.2. The zero-order valence-electron chi connectivity index (χ0n) is 21.2. The van der Waals surface area contributed by atoms with Crippen LogP contribution in [0.1, 0.15) is 38.0 Å². The summed E-state index contributed by atoms with van der Waals surface area (Å²) in [6, 6.07) is 10.7. The average molecular weight is 525 g/mol. The van der Waals surface area contributed by atoms with Crippen molar-refractivity contribution in [1.82, 2.24) is 4.67 Å². The minimum atomic E-state index is -3.85. The molecular weight excluding hydrogens is 491 g/mol. The van der Waals surface area contributed by atoms with E-state index in [2.05, 4.69) is 0 Å². The summed E-state index contributed by atoms with van der Waals surface area (Å²) in [6.07, 6.45) is -2.37. The first-order valence-electron chi connectivity index (χ1n) is 11.3. The monoisotopic (exact) mass is 524 g/mol. The van der Waals surface area contributed by atoms with Crippen LogP contribution in [0.4, 0.5) is 5.69 Å². The Morgan fingerprint density at radius 3 is 2.40 bits per heavy atom. The molecule has 2 aromatic rings. The van der Waals surface area contributed by atoms with Crippen LogP contribution in [0.2, 0.25) is 5.02 Å². The molecule has 1 amide bonds. The molecule has 1 aliphatic rings. The van der Waals surface area contributed by atoms with E-state index >= 15 is 0 Å². The zero-order chi connectivity index (χ0) is 26.1. The maximum Gasteiger partial charge on any atom is 0.272 e. The Balaban J connectivity index is 2.28. The van der Waals surface area contributed by atoms with Crippen molar-refractivity contribution in [2.45, 2.75) is 33.0 Å². The molecule has 3 rings (SSSR count). The highest BCUT2D eigenvalue weighted by Crippen LogP contribution is 2.49. The van der Waals surface area contributed by atoms with E-state index in [0.29, 0.717) is 39.9 Å². The Kier molecular flexibility index (Phi) is 8.24. The number of methoxy groups -OCH3 is 2. The van der Waals surface area contributed by atoms with Crippen LogP contribution in [0.3, 0.4) is 0 Å². The van der Waals surface area contributed by atoms with Gasteiger partial charge in [-0.15, -0.1) is 0 Å². The van der Waals surface area contributed by atoms with Gasteiger partial charge in [-0.25, -0.2) is 4.67 Å². The Morgan fingerprint density at radius 1 is 1.14 bits per heavy atom. The number of hydrogen-bond donors (Lipinski definition) is 1. The van der Waals surface area contributed by atoms with Crippen molar-refractivity contribution in [3.63, 3.8) is 0 Å². The third-order valence-corrected chi connectivity index (χ3v) is 8.07. The lowest BCUT2D eigenvalue weighted by molar-refractivity contribution is -0.130. The first-order chi connectivity index (χ1) is 16.3. The topological polar surface area (TPSA) is 88.5 Å². The summed E-state index contributed by atoms with van der Waals surface area (Å²) in [7, 11) is 2.23. The second-order valence-corrected chi connectivity index (χ2v) is 12.9. The third-order valence-electron chi connectivity index (χ3n) is 5.78. The first-order valence-corrected chi connectivity index (χ1v) is 13.4. The molecule has 0 bridgehead atoms. The average Bonchev–Trinajstić information content (AvgIpc) is 2.87. The van der Waals surface area contributed by atoms with Gasteiger partial charge in [0.2, 0.25) is 0 Å². The van der Waals surface area contributed by atoms with Gasteiger partial charge in [-0.3, -0.25) is 9.36 Å². The fourth-order valence-electron chi connectivity index (χ4n) is 4.07. The molecule has 0 fully saturated rings. The second-order valence-electron chi connectivity index (χ2n) is 9.97. The predicted octanol–water partition coefficient (Wildman–Crippen LogP) is 4.97. The van der Waals surface area contributed by atoms with Crippen molar-refractivity contribution in [1.29, 1.82) is 0 Å². The van der Waals surface area contributed by atoms with Crippen molar-refractivity contribution < 1.29 is 28.5 Å². The molecule has 35 heavy (non-hydrogen) atoms. The number of ether oxygens (including phenoxy) is 3. The van der Waals surface area contributed by atoms with E-state index in [4.69, 9.17) is 25.8 Å². The van der Waals surface area contributed by atoms with Gasteiger partial charge in [0.05, 0.1) is 20.4 Å². The van der Waals surface area contributed by atoms with E-state index in [-0.39, 0.29) is 17.5 Å². The van der Waals surface area contributed by atoms with Gasteiger partial charge in [-0.2, -0.15) is 0 Å². The van der Waals surface area contributed by atoms with Gasteiger partial charge >= 0.3 is 0 Å². The smallest absolute Gasteiger partial charge is 0.272 e. The number of hydrogen-bond acceptors (Lipinski definition) is 5. The molecule has 10 heteroatoms. The summed E-state index contributed by atoms with van der Waals surface area (Å²) >= 11 is 6.41. The van der Waals surface area contributed by atoms with Crippen LogP contribution in [0.5, 0.6) is 11.5 Å². The lowest BCUT2D eigenvalue weighted by Crippen LogP contribution is -2.45. The molecule has 2 aromatic carbocycles. The zero-order valence-corrected chi connectivity index (χ0v) is 22.9. The fraction of sp³-hybridized carbons (Fsp3) is 0.480. The lowest BCUT2D eigenvalue weighted by atomic mass is 9.94. The standard InChI is InChI=1S/C25H34ClN2O6P/c1-25(2,3)15-28-19-12-11-16(26)13-18(19)22(17-9-8-10-20(32-6)23(17)33-7)34-21(24(28)29)14-35(30,31)27(4)5/h8-13,21-22H,14-15H2,1-7H3,(H,30,31)/t21-,22-/m1/s1. The normalized spacial score (nSPS) is 20.3. The van der Waals surface area contributed by atoms with Gasteiger partial charge in [0.15, 0.2) is 11.5 Å². The third kappa shape index (κ3) is 6.01. The minimum absolute atomic E-state index is 0.255. The van der Waals surface area contributed by atoms with Crippen LogP contribution >= 0.6 is 19.1 Å². The highest BCUT2D eigenvalue weighted by atomic mass is 35.5. The van der Waals surface area contributed by atoms with Crippen LogP contribution in [0.25, 0.3) is 0 Å². The van der Waals surface area contributed by atoms with Crippen molar-refractivity contribution in [2.24, 2.45) is 5.41 Å². The van der Waals surface area contributed by atoms with Gasteiger partial charge in [0.25, 0.3) is 13.4 Å². The number of carbonyl (C=O) groups is 1. The number of anilines is 1. The molecule has 0 saturated carbocycles. The molecule has 1 N–H and O–H groups in total. The van der Waals surface area contributed by atoms with Gasteiger partial charge in [-0.1, -0.05) is 44.5 Å². The van der Waals surface area contributed by atoms with Crippen LogP contribution in [0.15, 0.2) is 36.4 Å². The Labute approximate surface area is 212 Å².